The molecular formula is C18H30N2O4. The van der Waals surface area contributed by atoms with E-state index in [4.69, 9.17) is 4.74 Å². The summed E-state index contributed by atoms with van der Waals surface area (Å²) in [6.07, 6.45) is 9.24. The molecule has 6 heteroatoms. The Hall–Kier alpha value is -1.59. The van der Waals surface area contributed by atoms with Crippen molar-refractivity contribution in [1.29, 1.82) is 0 Å². The number of carbonyl (C=O) groups is 3. The molecule has 2 fully saturated rings. The highest BCUT2D eigenvalue weighted by atomic mass is 16.5. The summed E-state index contributed by atoms with van der Waals surface area (Å²) in [6, 6.07) is -0.598. The second-order valence-electron chi connectivity index (χ2n) is 7.07. The molecule has 2 rings (SSSR count). The van der Waals surface area contributed by atoms with Gasteiger partial charge in [0.2, 0.25) is 11.8 Å². The lowest BCUT2D eigenvalue weighted by Crippen LogP contribution is -2.44. The lowest BCUT2D eigenvalue weighted by atomic mass is 9.84. The zero-order valence-electron chi connectivity index (χ0n) is 14.6. The maximum atomic E-state index is 12.3. The second kappa shape index (κ2) is 9.64. The zero-order valence-corrected chi connectivity index (χ0v) is 14.6. The van der Waals surface area contributed by atoms with Crippen LogP contribution in [0.5, 0.6) is 0 Å². The zero-order chi connectivity index (χ0) is 17.4. The van der Waals surface area contributed by atoms with E-state index in [2.05, 4.69) is 10.6 Å². The topological polar surface area (TPSA) is 84.5 Å². The van der Waals surface area contributed by atoms with Gasteiger partial charge in [-0.25, -0.2) is 4.79 Å². The summed E-state index contributed by atoms with van der Waals surface area (Å²) < 4.78 is 4.85. The Morgan fingerprint density at radius 3 is 2.58 bits per heavy atom. The first-order valence-corrected chi connectivity index (χ1v) is 9.25. The Balaban J connectivity index is 1.88. The van der Waals surface area contributed by atoms with Crippen LogP contribution in [0.25, 0.3) is 0 Å². The van der Waals surface area contributed by atoms with Gasteiger partial charge in [-0.1, -0.05) is 38.5 Å². The summed E-state index contributed by atoms with van der Waals surface area (Å²) in [5.74, 6) is -0.503. The lowest BCUT2D eigenvalue weighted by molar-refractivity contribution is -0.145. The number of methoxy groups -OCH3 is 1. The van der Waals surface area contributed by atoms with Crippen molar-refractivity contribution < 1.29 is 19.1 Å². The number of carbonyl (C=O) groups excluding carboxylic acids is 3. The predicted octanol–water partition coefficient (Wildman–Crippen LogP) is 1.92. The third-order valence-corrected chi connectivity index (χ3v) is 5.20. The first-order valence-electron chi connectivity index (χ1n) is 9.25. The van der Waals surface area contributed by atoms with E-state index in [0.717, 1.165) is 32.1 Å². The molecule has 1 saturated heterocycles. The van der Waals surface area contributed by atoms with Gasteiger partial charge < -0.3 is 15.4 Å². The fourth-order valence-electron chi connectivity index (χ4n) is 3.79. The van der Waals surface area contributed by atoms with Crippen molar-refractivity contribution in [2.45, 2.75) is 70.3 Å². The minimum Gasteiger partial charge on any atom is -0.467 e. The lowest BCUT2D eigenvalue weighted by Gasteiger charge is -2.26. The maximum absolute atomic E-state index is 12.3. The smallest absolute Gasteiger partial charge is 0.328 e. The largest absolute Gasteiger partial charge is 0.467 e. The predicted molar refractivity (Wildman–Crippen MR) is 90.1 cm³/mol. The molecule has 1 heterocycles. The van der Waals surface area contributed by atoms with Crippen LogP contribution in [0.3, 0.4) is 0 Å². The number of hydrogen-bond acceptors (Lipinski definition) is 4. The highest BCUT2D eigenvalue weighted by Crippen LogP contribution is 2.27. The van der Waals surface area contributed by atoms with Crippen LogP contribution in [0.4, 0.5) is 0 Å². The standard InChI is InChI=1S/C18H30N2O4/c1-24-18(23)15(11-13-7-3-2-4-8-13)20-16(21)12-14-9-5-6-10-19-17(14)22/h13-15H,2-12H2,1H3,(H,19,22)(H,20,21)/t14-,15+/m0/s1. The van der Waals surface area contributed by atoms with Crippen molar-refractivity contribution in [2.75, 3.05) is 13.7 Å². The Kier molecular flexibility index (Phi) is 7.53. The molecule has 0 bridgehead atoms. The van der Waals surface area contributed by atoms with Crippen LogP contribution in [0, 0.1) is 11.8 Å². The first-order chi connectivity index (χ1) is 11.6. The first kappa shape index (κ1) is 18.7. The van der Waals surface area contributed by atoms with Gasteiger partial charge in [0.25, 0.3) is 0 Å². The van der Waals surface area contributed by atoms with Crippen LogP contribution in [0.2, 0.25) is 0 Å². The molecule has 2 N–H and O–H groups in total. The summed E-state index contributed by atoms with van der Waals surface area (Å²) in [7, 11) is 1.35. The third-order valence-electron chi connectivity index (χ3n) is 5.20. The average molecular weight is 338 g/mol. The van der Waals surface area contributed by atoms with Crippen molar-refractivity contribution in [2.24, 2.45) is 11.8 Å². The number of amides is 2. The number of nitrogens with one attached hydrogen (secondary N) is 2. The maximum Gasteiger partial charge on any atom is 0.328 e. The van der Waals surface area contributed by atoms with E-state index in [9.17, 15) is 14.4 Å². The number of ether oxygens (including phenoxy) is 1. The van der Waals surface area contributed by atoms with E-state index in [1.807, 2.05) is 0 Å². The Labute approximate surface area is 144 Å². The van der Waals surface area contributed by atoms with Gasteiger partial charge in [-0.3, -0.25) is 9.59 Å². The molecular weight excluding hydrogens is 308 g/mol. The second-order valence-corrected chi connectivity index (χ2v) is 7.07. The van der Waals surface area contributed by atoms with E-state index in [-0.39, 0.29) is 30.1 Å². The normalized spacial score (nSPS) is 23.7. The van der Waals surface area contributed by atoms with E-state index in [1.54, 1.807) is 0 Å². The molecule has 0 aromatic rings. The van der Waals surface area contributed by atoms with E-state index in [0.29, 0.717) is 18.9 Å². The summed E-state index contributed by atoms with van der Waals surface area (Å²) >= 11 is 0. The molecule has 1 aliphatic carbocycles. The molecule has 6 nitrogen and oxygen atoms in total. The summed E-state index contributed by atoms with van der Waals surface area (Å²) in [5, 5.41) is 5.65. The molecule has 2 aliphatic rings. The highest BCUT2D eigenvalue weighted by molar-refractivity contribution is 5.88. The molecule has 0 radical (unpaired) electrons. The van der Waals surface area contributed by atoms with E-state index in [1.165, 1.54) is 26.4 Å². The summed E-state index contributed by atoms with van der Waals surface area (Å²) in [4.78, 5) is 36.3. The van der Waals surface area contributed by atoms with Gasteiger partial charge in [0.05, 0.1) is 7.11 Å². The van der Waals surface area contributed by atoms with Crippen molar-refractivity contribution >= 4 is 17.8 Å². The van der Waals surface area contributed by atoms with Crippen LogP contribution in [-0.2, 0) is 19.1 Å². The molecule has 1 aliphatic heterocycles. The Bertz CT molecular complexity index is 446. The fourth-order valence-corrected chi connectivity index (χ4v) is 3.79. The molecule has 0 aromatic carbocycles. The molecule has 0 aromatic heterocycles. The van der Waals surface area contributed by atoms with Crippen molar-refractivity contribution in [3.8, 4) is 0 Å². The number of rotatable bonds is 6. The van der Waals surface area contributed by atoms with Crippen molar-refractivity contribution in [3.63, 3.8) is 0 Å². The van der Waals surface area contributed by atoms with E-state index < -0.39 is 6.04 Å². The SMILES string of the molecule is COC(=O)[C@@H](CC1CCCCC1)NC(=O)C[C@@H]1CCCCNC1=O. The van der Waals surface area contributed by atoms with Gasteiger partial charge in [0.15, 0.2) is 0 Å². The summed E-state index contributed by atoms with van der Waals surface area (Å²) in [6.45, 7) is 0.684. The quantitative estimate of drug-likeness (QED) is 0.725. The highest BCUT2D eigenvalue weighted by Gasteiger charge is 2.29. The van der Waals surface area contributed by atoms with Gasteiger partial charge >= 0.3 is 5.97 Å². The number of hydrogen-bond donors (Lipinski definition) is 2. The molecule has 2 atom stereocenters. The number of esters is 1. The van der Waals surface area contributed by atoms with Gasteiger partial charge in [-0.15, -0.1) is 0 Å². The minimum absolute atomic E-state index is 0.0513. The molecule has 0 spiro atoms. The van der Waals surface area contributed by atoms with Crippen molar-refractivity contribution in [1.82, 2.24) is 10.6 Å². The average Bonchev–Trinajstić information content (AvgIpc) is 2.79. The van der Waals surface area contributed by atoms with Crippen LogP contribution in [0.15, 0.2) is 0 Å². The molecule has 1 saturated carbocycles. The molecule has 2 amide bonds. The fraction of sp³-hybridized carbons (Fsp3) is 0.833. The van der Waals surface area contributed by atoms with Gasteiger partial charge in [0.1, 0.15) is 6.04 Å². The van der Waals surface area contributed by atoms with Crippen molar-refractivity contribution in [3.05, 3.63) is 0 Å². The molecule has 136 valence electrons. The summed E-state index contributed by atoms with van der Waals surface area (Å²) in [5.41, 5.74) is 0. The van der Waals surface area contributed by atoms with Gasteiger partial charge in [-0.05, 0) is 25.2 Å². The Morgan fingerprint density at radius 1 is 1.17 bits per heavy atom. The van der Waals surface area contributed by atoms with Crippen LogP contribution >= 0.6 is 0 Å². The molecule has 0 unspecified atom stereocenters. The van der Waals surface area contributed by atoms with Gasteiger partial charge in [-0.2, -0.15) is 0 Å². The van der Waals surface area contributed by atoms with Crippen LogP contribution in [0.1, 0.15) is 64.2 Å². The van der Waals surface area contributed by atoms with E-state index >= 15 is 0 Å². The minimum atomic E-state index is -0.598. The Morgan fingerprint density at radius 2 is 1.88 bits per heavy atom. The molecule has 24 heavy (non-hydrogen) atoms. The third kappa shape index (κ3) is 5.80. The monoisotopic (exact) mass is 338 g/mol. The van der Waals surface area contributed by atoms with Crippen LogP contribution < -0.4 is 10.6 Å². The van der Waals surface area contributed by atoms with Crippen LogP contribution in [-0.4, -0.2) is 37.5 Å². The van der Waals surface area contributed by atoms with Gasteiger partial charge in [0, 0.05) is 18.9 Å².